The van der Waals surface area contributed by atoms with Gasteiger partial charge in [0.25, 0.3) is 0 Å². The van der Waals surface area contributed by atoms with Gasteiger partial charge in [0.2, 0.25) is 5.82 Å². The number of para-hydroxylation sites is 1. The molecule has 2 heterocycles. The molecule has 0 aliphatic heterocycles. The number of carbonyl (C=O) groups excluding carboxylic acids is 1. The fraction of sp³-hybridized carbons (Fsp3) is 0.0870. The summed E-state index contributed by atoms with van der Waals surface area (Å²) < 4.78 is 4.93. The van der Waals surface area contributed by atoms with E-state index in [4.69, 9.17) is 9.72 Å². The minimum absolute atomic E-state index is 0.118. The molecule has 1 N–H and O–H groups in total. The lowest BCUT2D eigenvalue weighted by molar-refractivity contribution is -0.384. The molecule has 31 heavy (non-hydrogen) atoms. The van der Waals surface area contributed by atoms with Gasteiger partial charge in [0.05, 0.1) is 28.8 Å². The minimum Gasteiger partial charge on any atom is -0.465 e. The molecule has 2 aromatic carbocycles. The van der Waals surface area contributed by atoms with Crippen molar-refractivity contribution in [3.05, 3.63) is 94.2 Å². The zero-order valence-electron chi connectivity index (χ0n) is 16.6. The molecule has 0 aliphatic carbocycles. The lowest BCUT2D eigenvalue weighted by atomic mass is 9.98. The lowest BCUT2D eigenvalue weighted by Crippen LogP contribution is -2.09. The van der Waals surface area contributed by atoms with Crippen LogP contribution in [0.3, 0.4) is 0 Å². The highest BCUT2D eigenvalue weighted by molar-refractivity contribution is 5.98. The molecule has 154 valence electrons. The van der Waals surface area contributed by atoms with Crippen LogP contribution in [0.2, 0.25) is 0 Å². The Hall–Kier alpha value is -4.33. The van der Waals surface area contributed by atoms with Gasteiger partial charge < -0.3 is 10.1 Å². The SMILES string of the molecule is COC(=O)c1ccccc1-c1nc2ccccc2cc1CNc1ncccc1[N+](=O)[O-]. The molecule has 0 aliphatic rings. The number of esters is 1. The Labute approximate surface area is 177 Å². The fourth-order valence-corrected chi connectivity index (χ4v) is 3.36. The maximum absolute atomic E-state index is 12.3. The number of hydrogen-bond acceptors (Lipinski definition) is 7. The molecule has 2 aromatic heterocycles. The first-order valence-corrected chi connectivity index (χ1v) is 9.48. The third-order valence-corrected chi connectivity index (χ3v) is 4.82. The second-order valence-electron chi connectivity index (χ2n) is 6.71. The van der Waals surface area contributed by atoms with Crippen LogP contribution in [0.25, 0.3) is 22.2 Å². The molecule has 0 atom stereocenters. The number of methoxy groups -OCH3 is 1. The van der Waals surface area contributed by atoms with Crippen molar-refractivity contribution in [2.24, 2.45) is 0 Å². The average Bonchev–Trinajstić information content (AvgIpc) is 2.81. The molecule has 0 unspecified atom stereocenters. The summed E-state index contributed by atoms with van der Waals surface area (Å²) in [5.41, 5.74) is 3.00. The molecule has 0 radical (unpaired) electrons. The number of pyridine rings is 2. The predicted octanol–water partition coefficient (Wildman–Crippen LogP) is 4.60. The monoisotopic (exact) mass is 414 g/mol. The van der Waals surface area contributed by atoms with Gasteiger partial charge >= 0.3 is 11.7 Å². The van der Waals surface area contributed by atoms with Gasteiger partial charge in [-0.05, 0) is 29.8 Å². The second-order valence-corrected chi connectivity index (χ2v) is 6.71. The lowest BCUT2D eigenvalue weighted by Gasteiger charge is -2.14. The summed E-state index contributed by atoms with van der Waals surface area (Å²) in [4.78, 5) is 32.0. The number of hydrogen-bond donors (Lipinski definition) is 1. The van der Waals surface area contributed by atoms with E-state index in [9.17, 15) is 14.9 Å². The van der Waals surface area contributed by atoms with Crippen molar-refractivity contribution in [1.82, 2.24) is 9.97 Å². The third-order valence-electron chi connectivity index (χ3n) is 4.82. The van der Waals surface area contributed by atoms with E-state index in [0.717, 1.165) is 16.5 Å². The Kier molecular flexibility index (Phi) is 5.53. The molecule has 4 rings (SSSR count). The maximum atomic E-state index is 12.3. The van der Waals surface area contributed by atoms with E-state index in [2.05, 4.69) is 10.3 Å². The molecule has 0 bridgehead atoms. The van der Waals surface area contributed by atoms with Crippen LogP contribution in [-0.4, -0.2) is 28.0 Å². The van der Waals surface area contributed by atoms with Crippen LogP contribution < -0.4 is 5.32 Å². The number of ether oxygens (including phenoxy) is 1. The van der Waals surface area contributed by atoms with Crippen LogP contribution in [-0.2, 0) is 11.3 Å². The summed E-state index contributed by atoms with van der Waals surface area (Å²) >= 11 is 0. The van der Waals surface area contributed by atoms with Crippen LogP contribution in [0.1, 0.15) is 15.9 Å². The minimum atomic E-state index is -0.485. The molecular weight excluding hydrogens is 396 g/mol. The van der Waals surface area contributed by atoms with Gasteiger partial charge in [-0.15, -0.1) is 0 Å². The van der Waals surface area contributed by atoms with E-state index in [1.807, 2.05) is 36.4 Å². The predicted molar refractivity (Wildman–Crippen MR) is 117 cm³/mol. The van der Waals surface area contributed by atoms with Gasteiger partial charge in [0.15, 0.2) is 0 Å². The summed E-state index contributed by atoms with van der Waals surface area (Å²) in [7, 11) is 1.33. The van der Waals surface area contributed by atoms with E-state index >= 15 is 0 Å². The van der Waals surface area contributed by atoms with Crippen LogP contribution in [0.4, 0.5) is 11.5 Å². The number of nitro groups is 1. The number of nitrogens with zero attached hydrogens (tertiary/aromatic N) is 3. The Morgan fingerprint density at radius 2 is 1.87 bits per heavy atom. The molecule has 0 spiro atoms. The quantitative estimate of drug-likeness (QED) is 0.279. The zero-order chi connectivity index (χ0) is 21.8. The fourth-order valence-electron chi connectivity index (χ4n) is 3.36. The van der Waals surface area contributed by atoms with Crippen molar-refractivity contribution >= 4 is 28.4 Å². The number of rotatable bonds is 6. The normalized spacial score (nSPS) is 10.6. The first-order chi connectivity index (χ1) is 15.1. The van der Waals surface area contributed by atoms with Crippen molar-refractivity contribution in [2.75, 3.05) is 12.4 Å². The van der Waals surface area contributed by atoms with Crippen molar-refractivity contribution in [3.8, 4) is 11.3 Å². The molecule has 8 heteroatoms. The Bertz CT molecular complexity index is 1290. The van der Waals surface area contributed by atoms with Crippen molar-refractivity contribution < 1.29 is 14.5 Å². The molecule has 0 fully saturated rings. The number of aromatic nitrogens is 2. The summed E-state index contributed by atoms with van der Waals surface area (Å²) in [6.07, 6.45) is 1.49. The number of benzene rings is 2. The van der Waals surface area contributed by atoms with Gasteiger partial charge in [0, 0.05) is 29.8 Å². The first kappa shape index (κ1) is 20.0. The zero-order valence-corrected chi connectivity index (χ0v) is 16.6. The van der Waals surface area contributed by atoms with Crippen LogP contribution in [0.5, 0.6) is 0 Å². The van der Waals surface area contributed by atoms with E-state index in [-0.39, 0.29) is 18.1 Å². The second kappa shape index (κ2) is 8.58. The molecule has 0 saturated heterocycles. The van der Waals surface area contributed by atoms with Gasteiger partial charge in [-0.3, -0.25) is 10.1 Å². The van der Waals surface area contributed by atoms with E-state index in [1.165, 1.54) is 25.4 Å². The topological polar surface area (TPSA) is 107 Å². The van der Waals surface area contributed by atoms with Gasteiger partial charge in [-0.25, -0.2) is 14.8 Å². The number of fused-ring (bicyclic) bond motifs is 1. The van der Waals surface area contributed by atoms with Crippen molar-refractivity contribution in [3.63, 3.8) is 0 Å². The first-order valence-electron chi connectivity index (χ1n) is 9.48. The number of carbonyl (C=O) groups is 1. The molecule has 0 saturated carbocycles. The summed E-state index contributed by atoms with van der Waals surface area (Å²) in [5.74, 6) is -0.308. The highest BCUT2D eigenvalue weighted by atomic mass is 16.6. The van der Waals surface area contributed by atoms with Crippen molar-refractivity contribution in [2.45, 2.75) is 6.54 Å². The van der Waals surface area contributed by atoms with Crippen LogP contribution in [0, 0.1) is 10.1 Å². The van der Waals surface area contributed by atoms with Crippen LogP contribution in [0.15, 0.2) is 72.9 Å². The van der Waals surface area contributed by atoms with Gasteiger partial charge in [-0.2, -0.15) is 0 Å². The summed E-state index contributed by atoms with van der Waals surface area (Å²) in [6, 6.07) is 19.5. The molecule has 0 amide bonds. The highest BCUT2D eigenvalue weighted by Gasteiger charge is 2.19. The number of anilines is 1. The highest BCUT2D eigenvalue weighted by Crippen LogP contribution is 2.30. The van der Waals surface area contributed by atoms with Gasteiger partial charge in [0.1, 0.15) is 0 Å². The van der Waals surface area contributed by atoms with Crippen molar-refractivity contribution in [1.29, 1.82) is 0 Å². The van der Waals surface area contributed by atoms with Gasteiger partial charge in [-0.1, -0.05) is 36.4 Å². The Balaban J connectivity index is 1.83. The number of nitrogens with one attached hydrogen (secondary N) is 1. The summed E-state index contributed by atoms with van der Waals surface area (Å²) in [5, 5.41) is 15.3. The molecular formula is C23H18N4O4. The summed E-state index contributed by atoms with van der Waals surface area (Å²) in [6.45, 7) is 0.223. The maximum Gasteiger partial charge on any atom is 0.338 e. The standard InChI is InChI=1S/C23H18N4O4/c1-31-23(28)18-9-4-3-8-17(18)21-16(13-15-7-2-5-10-19(15)26-21)14-25-22-20(27(29)30)11-6-12-24-22/h2-13H,14H2,1H3,(H,24,25). The Morgan fingerprint density at radius 3 is 2.68 bits per heavy atom. The van der Waals surface area contributed by atoms with E-state index in [1.54, 1.807) is 18.2 Å². The van der Waals surface area contributed by atoms with E-state index in [0.29, 0.717) is 16.8 Å². The Morgan fingerprint density at radius 1 is 1.10 bits per heavy atom. The van der Waals surface area contributed by atoms with E-state index < -0.39 is 10.9 Å². The third kappa shape index (κ3) is 4.04. The largest absolute Gasteiger partial charge is 0.465 e. The smallest absolute Gasteiger partial charge is 0.338 e. The van der Waals surface area contributed by atoms with Crippen LogP contribution >= 0.6 is 0 Å². The average molecular weight is 414 g/mol. The molecule has 4 aromatic rings. The molecule has 8 nitrogen and oxygen atoms in total.